The topological polar surface area (TPSA) is 56.7 Å². The number of aryl methyl sites for hydroxylation is 1. The number of carbonyl (C=O) groups excluding carboxylic acids is 1. The van der Waals surface area contributed by atoms with Gasteiger partial charge in [0.05, 0.1) is 0 Å². The summed E-state index contributed by atoms with van der Waals surface area (Å²) < 4.78 is 0. The van der Waals surface area contributed by atoms with Crippen LogP contribution in [0.3, 0.4) is 0 Å². The lowest BCUT2D eigenvalue weighted by atomic mass is 10.1. The fourth-order valence-corrected chi connectivity index (χ4v) is 2.70. The number of guanidine groups is 1. The molecule has 27 heavy (non-hydrogen) atoms. The Hall–Kier alpha value is -2.82. The lowest BCUT2D eigenvalue weighted by Crippen LogP contribution is -2.37. The van der Waals surface area contributed by atoms with Gasteiger partial charge in [0, 0.05) is 39.8 Å². The van der Waals surface area contributed by atoms with E-state index in [-0.39, 0.29) is 5.91 Å². The van der Waals surface area contributed by atoms with E-state index in [9.17, 15) is 4.79 Å². The Morgan fingerprint density at radius 1 is 0.926 bits per heavy atom. The number of benzene rings is 2. The summed E-state index contributed by atoms with van der Waals surface area (Å²) in [4.78, 5) is 17.8. The van der Waals surface area contributed by atoms with Crippen molar-refractivity contribution in [2.75, 3.05) is 27.7 Å². The zero-order valence-electron chi connectivity index (χ0n) is 16.7. The molecule has 0 radical (unpaired) electrons. The van der Waals surface area contributed by atoms with Crippen molar-refractivity contribution in [3.63, 3.8) is 0 Å². The van der Waals surface area contributed by atoms with Crippen molar-refractivity contribution in [2.24, 2.45) is 4.99 Å². The van der Waals surface area contributed by atoms with Crippen LogP contribution in [0.1, 0.15) is 34.0 Å². The molecule has 0 aliphatic carbocycles. The smallest absolute Gasteiger partial charge is 0.253 e. The third-order valence-corrected chi connectivity index (χ3v) is 4.43. The Morgan fingerprint density at radius 2 is 1.52 bits per heavy atom. The van der Waals surface area contributed by atoms with Crippen LogP contribution in [0.25, 0.3) is 0 Å². The molecule has 2 aromatic carbocycles. The van der Waals surface area contributed by atoms with E-state index in [1.54, 1.807) is 26.0 Å². The number of nitrogens with one attached hydrogen (secondary N) is 2. The number of aliphatic imine (C=N–C) groups is 1. The molecule has 0 fully saturated rings. The van der Waals surface area contributed by atoms with Gasteiger partial charge in [-0.3, -0.25) is 9.79 Å². The van der Waals surface area contributed by atoms with Gasteiger partial charge in [0.1, 0.15) is 0 Å². The first kappa shape index (κ1) is 20.5. The third kappa shape index (κ3) is 6.44. The van der Waals surface area contributed by atoms with Gasteiger partial charge >= 0.3 is 0 Å². The largest absolute Gasteiger partial charge is 0.356 e. The predicted octanol–water partition coefficient (Wildman–Crippen LogP) is 2.86. The number of carbonyl (C=O) groups is 1. The van der Waals surface area contributed by atoms with Crippen LogP contribution in [0.5, 0.6) is 0 Å². The predicted molar refractivity (Wildman–Crippen MR) is 112 cm³/mol. The summed E-state index contributed by atoms with van der Waals surface area (Å²) in [6.07, 6.45) is 2.02. The Kier molecular flexibility index (Phi) is 7.86. The lowest BCUT2D eigenvalue weighted by Gasteiger charge is -2.13. The molecule has 0 bridgehead atoms. The molecule has 144 valence electrons. The van der Waals surface area contributed by atoms with E-state index >= 15 is 0 Å². The molecule has 1 amide bonds. The van der Waals surface area contributed by atoms with Gasteiger partial charge in [0.15, 0.2) is 5.96 Å². The molecule has 0 saturated carbocycles. The van der Waals surface area contributed by atoms with Crippen molar-refractivity contribution in [1.82, 2.24) is 15.5 Å². The van der Waals surface area contributed by atoms with E-state index in [4.69, 9.17) is 0 Å². The first-order valence-corrected chi connectivity index (χ1v) is 9.36. The van der Waals surface area contributed by atoms with Crippen molar-refractivity contribution >= 4 is 11.9 Å². The minimum absolute atomic E-state index is 0.0129. The van der Waals surface area contributed by atoms with Gasteiger partial charge in [-0.25, -0.2) is 0 Å². The highest BCUT2D eigenvalue weighted by molar-refractivity contribution is 5.93. The zero-order chi connectivity index (χ0) is 19.6. The van der Waals surface area contributed by atoms with Crippen LogP contribution < -0.4 is 10.6 Å². The molecule has 2 N–H and O–H groups in total. The molecule has 0 aliphatic heterocycles. The van der Waals surface area contributed by atoms with E-state index in [0.717, 1.165) is 30.9 Å². The van der Waals surface area contributed by atoms with E-state index < -0.39 is 0 Å². The minimum atomic E-state index is 0.0129. The van der Waals surface area contributed by atoms with E-state index in [2.05, 4.69) is 46.8 Å². The fourth-order valence-electron chi connectivity index (χ4n) is 2.70. The highest BCUT2D eigenvalue weighted by Crippen LogP contribution is 2.07. The van der Waals surface area contributed by atoms with Crippen LogP contribution >= 0.6 is 0 Å². The first-order valence-electron chi connectivity index (χ1n) is 9.36. The van der Waals surface area contributed by atoms with Crippen LogP contribution in [-0.2, 0) is 19.4 Å². The second kappa shape index (κ2) is 10.4. The van der Waals surface area contributed by atoms with Crippen molar-refractivity contribution in [3.8, 4) is 0 Å². The highest BCUT2D eigenvalue weighted by atomic mass is 16.2. The molecule has 0 spiro atoms. The van der Waals surface area contributed by atoms with Crippen molar-refractivity contribution in [2.45, 2.75) is 26.3 Å². The number of amides is 1. The Labute approximate surface area is 162 Å². The van der Waals surface area contributed by atoms with Gasteiger partial charge in [-0.15, -0.1) is 0 Å². The molecule has 0 heterocycles. The maximum absolute atomic E-state index is 11.9. The molecule has 0 saturated heterocycles. The molecular formula is C22H30N4O. The second-order valence-electron chi connectivity index (χ2n) is 6.67. The third-order valence-electron chi connectivity index (χ3n) is 4.43. The normalized spacial score (nSPS) is 11.2. The zero-order valence-corrected chi connectivity index (χ0v) is 16.7. The lowest BCUT2D eigenvalue weighted by molar-refractivity contribution is 0.0827. The van der Waals surface area contributed by atoms with Crippen molar-refractivity contribution in [1.29, 1.82) is 0 Å². The number of hydrogen-bond acceptors (Lipinski definition) is 2. The number of nitrogens with zero attached hydrogens (tertiary/aromatic N) is 2. The number of hydrogen-bond donors (Lipinski definition) is 2. The molecule has 5 heteroatoms. The fraction of sp³-hybridized carbons (Fsp3) is 0.364. The first-order chi connectivity index (χ1) is 13.0. The number of rotatable bonds is 7. The summed E-state index contributed by atoms with van der Waals surface area (Å²) in [5.74, 6) is 0.785. The molecule has 0 aliphatic rings. The van der Waals surface area contributed by atoms with Gasteiger partial charge in [-0.1, -0.05) is 43.3 Å². The van der Waals surface area contributed by atoms with Crippen LogP contribution in [0.15, 0.2) is 53.5 Å². The summed E-state index contributed by atoms with van der Waals surface area (Å²) in [5.41, 5.74) is 4.47. The second-order valence-corrected chi connectivity index (χ2v) is 6.67. The average Bonchev–Trinajstić information content (AvgIpc) is 2.70. The monoisotopic (exact) mass is 366 g/mol. The van der Waals surface area contributed by atoms with E-state index in [1.807, 2.05) is 24.3 Å². The Morgan fingerprint density at radius 3 is 2.07 bits per heavy atom. The summed E-state index contributed by atoms with van der Waals surface area (Å²) in [6, 6.07) is 16.4. The van der Waals surface area contributed by atoms with Crippen LogP contribution in [0, 0.1) is 0 Å². The molecule has 0 atom stereocenters. The van der Waals surface area contributed by atoms with Crippen LogP contribution in [-0.4, -0.2) is 44.5 Å². The molecular weight excluding hydrogens is 336 g/mol. The SMILES string of the molecule is CCc1ccc(CCNC(=NC)NCc2ccc(C(=O)N(C)C)cc2)cc1. The maximum Gasteiger partial charge on any atom is 0.253 e. The van der Waals surface area contributed by atoms with E-state index in [1.165, 1.54) is 11.1 Å². The van der Waals surface area contributed by atoms with Gasteiger partial charge in [0.2, 0.25) is 0 Å². The minimum Gasteiger partial charge on any atom is -0.356 e. The molecule has 2 rings (SSSR count). The van der Waals surface area contributed by atoms with Crippen molar-refractivity contribution < 1.29 is 4.79 Å². The Balaban J connectivity index is 1.78. The Bertz CT molecular complexity index is 749. The van der Waals surface area contributed by atoms with Crippen LogP contribution in [0.4, 0.5) is 0 Å². The average molecular weight is 367 g/mol. The van der Waals surface area contributed by atoms with Gasteiger partial charge < -0.3 is 15.5 Å². The standard InChI is InChI=1S/C22H30N4O/c1-5-17-6-8-18(9-7-17)14-15-24-22(23-2)25-16-19-10-12-20(13-11-19)21(27)26(3)4/h6-13H,5,14-16H2,1-4H3,(H2,23,24,25). The van der Waals surface area contributed by atoms with E-state index in [0.29, 0.717) is 12.1 Å². The van der Waals surface area contributed by atoms with Gasteiger partial charge in [0.25, 0.3) is 5.91 Å². The summed E-state index contributed by atoms with van der Waals surface area (Å²) in [6.45, 7) is 3.64. The highest BCUT2D eigenvalue weighted by Gasteiger charge is 2.07. The molecule has 5 nitrogen and oxygen atoms in total. The summed E-state index contributed by atoms with van der Waals surface area (Å²) >= 11 is 0. The van der Waals surface area contributed by atoms with Crippen molar-refractivity contribution in [3.05, 3.63) is 70.8 Å². The maximum atomic E-state index is 11.9. The summed E-state index contributed by atoms with van der Waals surface area (Å²) in [5, 5.41) is 6.64. The summed E-state index contributed by atoms with van der Waals surface area (Å²) in [7, 11) is 5.28. The molecule has 2 aromatic rings. The quantitative estimate of drug-likeness (QED) is 0.585. The van der Waals surface area contributed by atoms with Gasteiger partial charge in [-0.05, 0) is 41.7 Å². The molecule has 0 aromatic heterocycles. The van der Waals surface area contributed by atoms with Crippen LogP contribution in [0.2, 0.25) is 0 Å². The molecule has 0 unspecified atom stereocenters. The van der Waals surface area contributed by atoms with Gasteiger partial charge in [-0.2, -0.15) is 0 Å².